The fraction of sp³-hybridized carbons (Fsp3) is 0.455. The fourth-order valence-corrected chi connectivity index (χ4v) is 2.32. The van der Waals surface area contributed by atoms with E-state index in [9.17, 15) is 0 Å². The molecule has 1 N–H and O–H groups in total. The number of nitrogens with one attached hydrogen (secondary N) is 1. The van der Waals surface area contributed by atoms with E-state index in [0.717, 1.165) is 27.8 Å². The number of benzene rings is 1. The van der Waals surface area contributed by atoms with Gasteiger partial charge in [-0.05, 0) is 47.6 Å². The summed E-state index contributed by atoms with van der Waals surface area (Å²) < 4.78 is 7.79. The van der Waals surface area contributed by atoms with Crippen molar-refractivity contribution in [2.75, 3.05) is 13.1 Å². The van der Waals surface area contributed by atoms with E-state index in [1.165, 1.54) is 0 Å². The molecule has 15 heavy (non-hydrogen) atoms. The molecule has 1 unspecified atom stereocenters. The first-order chi connectivity index (χ1) is 7.13. The van der Waals surface area contributed by atoms with Gasteiger partial charge in [-0.3, -0.25) is 0 Å². The molecule has 1 rings (SSSR count). The Morgan fingerprint density at radius 1 is 1.40 bits per heavy atom. The Balaban J connectivity index is 2.56. The number of ether oxygens (including phenoxy) is 1. The van der Waals surface area contributed by atoms with E-state index in [4.69, 9.17) is 4.74 Å². The van der Waals surface area contributed by atoms with E-state index in [1.807, 2.05) is 18.2 Å². The van der Waals surface area contributed by atoms with Gasteiger partial charge in [0.05, 0.1) is 4.47 Å². The molecule has 0 aliphatic heterocycles. The van der Waals surface area contributed by atoms with Crippen molar-refractivity contribution in [3.63, 3.8) is 0 Å². The van der Waals surface area contributed by atoms with Crippen LogP contribution in [0, 0.1) is 0 Å². The predicted octanol–water partition coefficient (Wildman–Crippen LogP) is 3.59. The molecule has 0 saturated heterocycles. The van der Waals surface area contributed by atoms with Gasteiger partial charge in [-0.2, -0.15) is 0 Å². The zero-order valence-corrected chi connectivity index (χ0v) is 12.1. The molecule has 0 aromatic heterocycles. The minimum atomic E-state index is 0.169. The number of hydrogen-bond acceptors (Lipinski definition) is 2. The first kappa shape index (κ1) is 13.0. The summed E-state index contributed by atoms with van der Waals surface area (Å²) in [5.41, 5.74) is 0. The summed E-state index contributed by atoms with van der Waals surface area (Å²) in [4.78, 5) is 0. The monoisotopic (exact) mass is 335 g/mol. The first-order valence-corrected chi connectivity index (χ1v) is 6.54. The molecule has 0 aliphatic carbocycles. The van der Waals surface area contributed by atoms with Gasteiger partial charge in [0.2, 0.25) is 0 Å². The van der Waals surface area contributed by atoms with Crippen LogP contribution in [-0.4, -0.2) is 19.2 Å². The predicted molar refractivity (Wildman–Crippen MR) is 70.5 cm³/mol. The van der Waals surface area contributed by atoms with Gasteiger partial charge in [0.25, 0.3) is 0 Å². The second-order valence-electron chi connectivity index (χ2n) is 3.31. The van der Waals surface area contributed by atoms with Crippen molar-refractivity contribution in [2.24, 2.45) is 0 Å². The fourth-order valence-electron chi connectivity index (χ4n) is 1.18. The minimum Gasteiger partial charge on any atom is -0.488 e. The van der Waals surface area contributed by atoms with Crippen molar-refractivity contribution in [2.45, 2.75) is 20.0 Å². The lowest BCUT2D eigenvalue weighted by molar-refractivity contribution is 0.217. The van der Waals surface area contributed by atoms with Crippen LogP contribution in [-0.2, 0) is 0 Å². The van der Waals surface area contributed by atoms with Crippen LogP contribution in [0.1, 0.15) is 13.8 Å². The Bertz CT molecular complexity index is 317. The summed E-state index contributed by atoms with van der Waals surface area (Å²) in [6.07, 6.45) is 0.169. The molecule has 0 radical (unpaired) electrons. The summed E-state index contributed by atoms with van der Waals surface area (Å²) in [7, 11) is 0. The number of halogens is 2. The summed E-state index contributed by atoms with van der Waals surface area (Å²) in [6.45, 7) is 5.97. The average molecular weight is 337 g/mol. The summed E-state index contributed by atoms with van der Waals surface area (Å²) in [5.74, 6) is 0.878. The molecule has 4 heteroatoms. The van der Waals surface area contributed by atoms with Crippen molar-refractivity contribution in [1.82, 2.24) is 5.32 Å². The Hall–Kier alpha value is -0.0600. The third-order valence-electron chi connectivity index (χ3n) is 1.90. The Kier molecular flexibility index (Phi) is 5.64. The highest BCUT2D eigenvalue weighted by molar-refractivity contribution is 9.11. The highest BCUT2D eigenvalue weighted by atomic mass is 79.9. The van der Waals surface area contributed by atoms with Crippen LogP contribution in [0.2, 0.25) is 0 Å². The zero-order chi connectivity index (χ0) is 11.3. The van der Waals surface area contributed by atoms with Crippen LogP contribution in [0.4, 0.5) is 0 Å². The molecular weight excluding hydrogens is 322 g/mol. The Morgan fingerprint density at radius 3 is 2.73 bits per heavy atom. The molecule has 0 saturated carbocycles. The third kappa shape index (κ3) is 4.53. The van der Waals surface area contributed by atoms with Crippen molar-refractivity contribution < 1.29 is 4.74 Å². The summed E-state index contributed by atoms with van der Waals surface area (Å²) in [6, 6.07) is 5.91. The Morgan fingerprint density at radius 2 is 2.13 bits per heavy atom. The number of hydrogen-bond donors (Lipinski definition) is 1. The maximum atomic E-state index is 5.77. The standard InChI is InChI=1S/C11H15Br2NO/c1-3-14-7-8(2)15-11-5-4-9(12)6-10(11)13/h4-6,8,14H,3,7H2,1-2H3. The lowest BCUT2D eigenvalue weighted by atomic mass is 10.3. The molecule has 84 valence electrons. The second-order valence-corrected chi connectivity index (χ2v) is 5.08. The third-order valence-corrected chi connectivity index (χ3v) is 3.02. The highest BCUT2D eigenvalue weighted by Crippen LogP contribution is 2.28. The second kappa shape index (κ2) is 6.51. The maximum absolute atomic E-state index is 5.77. The summed E-state index contributed by atoms with van der Waals surface area (Å²) >= 11 is 6.87. The number of likely N-dealkylation sites (N-methyl/N-ethyl adjacent to an activating group) is 1. The van der Waals surface area contributed by atoms with Gasteiger partial charge in [0, 0.05) is 11.0 Å². The van der Waals surface area contributed by atoms with Crippen LogP contribution in [0.15, 0.2) is 27.1 Å². The molecule has 0 heterocycles. The van der Waals surface area contributed by atoms with Crippen LogP contribution < -0.4 is 10.1 Å². The van der Waals surface area contributed by atoms with Gasteiger partial charge in [-0.1, -0.05) is 22.9 Å². The average Bonchev–Trinajstić information content (AvgIpc) is 2.19. The first-order valence-electron chi connectivity index (χ1n) is 4.96. The highest BCUT2D eigenvalue weighted by Gasteiger charge is 2.06. The van der Waals surface area contributed by atoms with Gasteiger partial charge in [0.1, 0.15) is 11.9 Å². The molecule has 0 bridgehead atoms. The van der Waals surface area contributed by atoms with Gasteiger partial charge in [0.15, 0.2) is 0 Å². The Labute approximate surface area is 108 Å². The lowest BCUT2D eigenvalue weighted by Gasteiger charge is -2.16. The van der Waals surface area contributed by atoms with Gasteiger partial charge in [-0.15, -0.1) is 0 Å². The van der Waals surface area contributed by atoms with Crippen molar-refractivity contribution >= 4 is 31.9 Å². The van der Waals surface area contributed by atoms with E-state index in [2.05, 4.69) is 51.0 Å². The smallest absolute Gasteiger partial charge is 0.134 e. The maximum Gasteiger partial charge on any atom is 0.134 e. The van der Waals surface area contributed by atoms with Crippen LogP contribution in [0.5, 0.6) is 5.75 Å². The molecule has 0 fully saturated rings. The molecule has 2 nitrogen and oxygen atoms in total. The zero-order valence-electron chi connectivity index (χ0n) is 8.89. The lowest BCUT2D eigenvalue weighted by Crippen LogP contribution is -2.28. The topological polar surface area (TPSA) is 21.3 Å². The van der Waals surface area contributed by atoms with Crippen LogP contribution in [0.3, 0.4) is 0 Å². The number of rotatable bonds is 5. The van der Waals surface area contributed by atoms with E-state index >= 15 is 0 Å². The molecule has 1 aromatic carbocycles. The molecule has 1 aromatic rings. The molecule has 0 aliphatic rings. The van der Waals surface area contributed by atoms with Crippen LogP contribution >= 0.6 is 31.9 Å². The van der Waals surface area contributed by atoms with E-state index < -0.39 is 0 Å². The summed E-state index contributed by atoms with van der Waals surface area (Å²) in [5, 5.41) is 3.25. The molecule has 0 amide bonds. The van der Waals surface area contributed by atoms with E-state index in [1.54, 1.807) is 0 Å². The van der Waals surface area contributed by atoms with Gasteiger partial charge < -0.3 is 10.1 Å². The molecule has 0 spiro atoms. The molecular formula is C11H15Br2NO. The van der Waals surface area contributed by atoms with E-state index in [-0.39, 0.29) is 6.10 Å². The quantitative estimate of drug-likeness (QED) is 0.887. The van der Waals surface area contributed by atoms with Crippen molar-refractivity contribution in [1.29, 1.82) is 0 Å². The normalized spacial score (nSPS) is 12.5. The van der Waals surface area contributed by atoms with Gasteiger partial charge >= 0.3 is 0 Å². The van der Waals surface area contributed by atoms with Crippen LogP contribution in [0.25, 0.3) is 0 Å². The largest absolute Gasteiger partial charge is 0.488 e. The van der Waals surface area contributed by atoms with Crippen molar-refractivity contribution in [3.8, 4) is 5.75 Å². The SMILES string of the molecule is CCNCC(C)Oc1ccc(Br)cc1Br. The molecule has 1 atom stereocenters. The van der Waals surface area contributed by atoms with Gasteiger partial charge in [-0.25, -0.2) is 0 Å². The van der Waals surface area contributed by atoms with E-state index in [0.29, 0.717) is 0 Å². The minimum absolute atomic E-state index is 0.169. The van der Waals surface area contributed by atoms with Crippen molar-refractivity contribution in [3.05, 3.63) is 27.1 Å².